The maximum absolute atomic E-state index is 11.8. The number of carbonyl (C=O) groups is 1. The van der Waals surface area contributed by atoms with Crippen LogP contribution in [0.1, 0.15) is 19.3 Å². The van der Waals surface area contributed by atoms with E-state index in [1.54, 1.807) is 0 Å². The molecule has 2 rings (SSSR count). The van der Waals surface area contributed by atoms with Crippen LogP contribution >= 0.6 is 7.92 Å². The lowest BCUT2D eigenvalue weighted by Crippen LogP contribution is -2.17. The SMILES string of the molecule is O=C(CP1CCCCC1)Nc1ccccc1. The Bertz CT molecular complexity index is 333. The second-order valence-corrected chi connectivity index (χ2v) is 6.80. The van der Waals surface area contributed by atoms with Gasteiger partial charge in [-0.1, -0.05) is 32.5 Å². The molecule has 1 saturated heterocycles. The molecule has 1 N–H and O–H groups in total. The van der Waals surface area contributed by atoms with Crippen molar-refractivity contribution in [3.05, 3.63) is 30.3 Å². The fourth-order valence-corrected chi connectivity index (χ4v) is 4.41. The Kier molecular flexibility index (Phi) is 4.35. The highest BCUT2D eigenvalue weighted by atomic mass is 31.1. The predicted molar refractivity (Wildman–Crippen MR) is 70.4 cm³/mol. The standard InChI is InChI=1S/C13H18NOP/c15-13(11-16-9-5-2-6-10-16)14-12-7-3-1-4-8-12/h1,3-4,7-8H,2,5-6,9-11H2,(H,14,15). The van der Waals surface area contributed by atoms with Gasteiger partial charge in [0, 0.05) is 11.8 Å². The minimum atomic E-state index is -0.0194. The van der Waals surface area contributed by atoms with Crippen LogP contribution in [-0.4, -0.2) is 24.4 Å². The highest BCUT2D eigenvalue weighted by Gasteiger charge is 2.16. The van der Waals surface area contributed by atoms with Gasteiger partial charge in [-0.3, -0.25) is 4.79 Å². The van der Waals surface area contributed by atoms with Gasteiger partial charge in [0.15, 0.2) is 0 Å². The van der Waals surface area contributed by atoms with Gasteiger partial charge in [0.05, 0.1) is 0 Å². The predicted octanol–water partition coefficient (Wildman–Crippen LogP) is 3.29. The summed E-state index contributed by atoms with van der Waals surface area (Å²) in [6.45, 7) is 0. The van der Waals surface area contributed by atoms with Gasteiger partial charge in [0.1, 0.15) is 0 Å². The number of rotatable bonds is 3. The molecule has 2 nitrogen and oxygen atoms in total. The zero-order valence-corrected chi connectivity index (χ0v) is 10.4. The third-order valence-electron chi connectivity index (χ3n) is 2.87. The molecular formula is C13H18NOP. The molecule has 0 saturated carbocycles. The van der Waals surface area contributed by atoms with Crippen LogP contribution in [0.4, 0.5) is 5.69 Å². The van der Waals surface area contributed by atoms with E-state index in [2.05, 4.69) is 5.32 Å². The van der Waals surface area contributed by atoms with Crippen LogP contribution in [0.25, 0.3) is 0 Å². The average Bonchev–Trinajstić information content (AvgIpc) is 2.31. The third-order valence-corrected chi connectivity index (χ3v) is 5.51. The molecule has 1 aliphatic heterocycles. The first kappa shape index (κ1) is 11.6. The average molecular weight is 235 g/mol. The molecule has 16 heavy (non-hydrogen) atoms. The highest BCUT2D eigenvalue weighted by Crippen LogP contribution is 2.41. The number of amides is 1. The van der Waals surface area contributed by atoms with E-state index in [0.29, 0.717) is 0 Å². The summed E-state index contributed by atoms with van der Waals surface area (Å²) in [5.74, 6) is 0.194. The van der Waals surface area contributed by atoms with Gasteiger partial charge < -0.3 is 5.32 Å². The maximum atomic E-state index is 11.8. The van der Waals surface area contributed by atoms with Gasteiger partial charge in [-0.05, 0) is 37.3 Å². The van der Waals surface area contributed by atoms with Crippen LogP contribution in [0.2, 0.25) is 0 Å². The van der Waals surface area contributed by atoms with E-state index in [-0.39, 0.29) is 13.8 Å². The molecular weight excluding hydrogens is 217 g/mol. The molecule has 1 aromatic carbocycles. The van der Waals surface area contributed by atoms with Crippen molar-refractivity contribution in [1.29, 1.82) is 0 Å². The summed E-state index contributed by atoms with van der Waals surface area (Å²) >= 11 is 0. The molecule has 1 amide bonds. The first-order valence-corrected chi connectivity index (χ1v) is 7.81. The summed E-state index contributed by atoms with van der Waals surface area (Å²) in [4.78, 5) is 11.8. The number of benzene rings is 1. The summed E-state index contributed by atoms with van der Waals surface area (Å²) in [5, 5.41) is 2.97. The van der Waals surface area contributed by atoms with Crippen molar-refractivity contribution in [2.45, 2.75) is 19.3 Å². The van der Waals surface area contributed by atoms with Gasteiger partial charge >= 0.3 is 0 Å². The van der Waals surface area contributed by atoms with E-state index in [1.165, 1.54) is 31.6 Å². The summed E-state index contributed by atoms with van der Waals surface area (Å²) in [7, 11) is -0.0194. The smallest absolute Gasteiger partial charge is 0.228 e. The van der Waals surface area contributed by atoms with Gasteiger partial charge in [0.2, 0.25) is 5.91 Å². The Balaban J connectivity index is 1.80. The highest BCUT2D eigenvalue weighted by molar-refractivity contribution is 7.58. The van der Waals surface area contributed by atoms with Crippen LogP contribution in [0.5, 0.6) is 0 Å². The monoisotopic (exact) mass is 235 g/mol. The number of anilines is 1. The van der Waals surface area contributed by atoms with E-state index in [0.717, 1.165) is 11.8 Å². The maximum Gasteiger partial charge on any atom is 0.228 e. The Hall–Kier alpha value is -0.880. The number of carbonyl (C=O) groups excluding carboxylic acids is 1. The van der Waals surface area contributed by atoms with E-state index in [9.17, 15) is 4.79 Å². The molecule has 0 aromatic heterocycles. The first-order valence-electron chi connectivity index (χ1n) is 5.92. The van der Waals surface area contributed by atoms with Crippen molar-refractivity contribution in [2.75, 3.05) is 23.8 Å². The Morgan fingerprint density at radius 3 is 2.50 bits per heavy atom. The lowest BCUT2D eigenvalue weighted by Gasteiger charge is -2.21. The number of hydrogen-bond acceptors (Lipinski definition) is 1. The molecule has 0 unspecified atom stereocenters. The Labute approximate surface area is 98.2 Å². The summed E-state index contributed by atoms with van der Waals surface area (Å²) in [5.41, 5.74) is 0.916. The summed E-state index contributed by atoms with van der Waals surface area (Å²) < 4.78 is 0. The normalized spacial score (nSPS) is 17.0. The second kappa shape index (κ2) is 6.00. The van der Waals surface area contributed by atoms with Gasteiger partial charge in [-0.25, -0.2) is 0 Å². The van der Waals surface area contributed by atoms with E-state index < -0.39 is 0 Å². The topological polar surface area (TPSA) is 29.1 Å². The van der Waals surface area contributed by atoms with Crippen molar-refractivity contribution in [3.63, 3.8) is 0 Å². The molecule has 0 atom stereocenters. The van der Waals surface area contributed by atoms with Crippen LogP contribution < -0.4 is 5.32 Å². The Morgan fingerprint density at radius 1 is 1.12 bits per heavy atom. The molecule has 0 bridgehead atoms. The van der Waals surface area contributed by atoms with Gasteiger partial charge in [-0.15, -0.1) is 0 Å². The zero-order chi connectivity index (χ0) is 11.2. The molecule has 1 fully saturated rings. The minimum Gasteiger partial charge on any atom is -0.326 e. The number of hydrogen-bond donors (Lipinski definition) is 1. The van der Waals surface area contributed by atoms with Gasteiger partial charge in [0.25, 0.3) is 0 Å². The lowest BCUT2D eigenvalue weighted by atomic mass is 10.3. The first-order chi connectivity index (χ1) is 7.84. The minimum absolute atomic E-state index is 0.0194. The second-order valence-electron chi connectivity index (χ2n) is 4.25. The molecule has 0 spiro atoms. The van der Waals surface area contributed by atoms with Crippen LogP contribution in [-0.2, 0) is 4.79 Å². The quantitative estimate of drug-likeness (QED) is 0.800. The Morgan fingerprint density at radius 2 is 1.81 bits per heavy atom. The van der Waals surface area contributed by atoms with E-state index in [1.807, 2.05) is 30.3 Å². The van der Waals surface area contributed by atoms with Crippen LogP contribution in [0.3, 0.4) is 0 Å². The van der Waals surface area contributed by atoms with E-state index >= 15 is 0 Å². The van der Waals surface area contributed by atoms with Crippen molar-refractivity contribution >= 4 is 19.5 Å². The molecule has 1 aliphatic rings. The lowest BCUT2D eigenvalue weighted by molar-refractivity contribution is -0.113. The fraction of sp³-hybridized carbons (Fsp3) is 0.462. The zero-order valence-electron chi connectivity index (χ0n) is 9.48. The molecule has 0 radical (unpaired) electrons. The van der Waals surface area contributed by atoms with Crippen LogP contribution in [0, 0.1) is 0 Å². The summed E-state index contributed by atoms with van der Waals surface area (Å²) in [6, 6.07) is 9.72. The fourth-order valence-electron chi connectivity index (χ4n) is 2.04. The third kappa shape index (κ3) is 3.61. The molecule has 0 aliphatic carbocycles. The van der Waals surface area contributed by atoms with Gasteiger partial charge in [-0.2, -0.15) is 0 Å². The molecule has 3 heteroatoms. The van der Waals surface area contributed by atoms with Crippen molar-refractivity contribution in [1.82, 2.24) is 0 Å². The van der Waals surface area contributed by atoms with Crippen molar-refractivity contribution < 1.29 is 4.79 Å². The molecule has 1 aromatic rings. The van der Waals surface area contributed by atoms with Crippen molar-refractivity contribution in [3.8, 4) is 0 Å². The van der Waals surface area contributed by atoms with E-state index in [4.69, 9.17) is 0 Å². The van der Waals surface area contributed by atoms with Crippen molar-refractivity contribution in [2.24, 2.45) is 0 Å². The molecule has 1 heterocycles. The van der Waals surface area contributed by atoms with Crippen LogP contribution in [0.15, 0.2) is 30.3 Å². The number of para-hydroxylation sites is 1. The number of nitrogens with one attached hydrogen (secondary N) is 1. The summed E-state index contributed by atoms with van der Waals surface area (Å²) in [6.07, 6.45) is 7.34. The molecule has 86 valence electrons. The largest absolute Gasteiger partial charge is 0.326 e.